The molecule has 1 atom stereocenters. The summed E-state index contributed by atoms with van der Waals surface area (Å²) in [7, 11) is 0. The summed E-state index contributed by atoms with van der Waals surface area (Å²) in [6, 6.07) is 2.00. The third-order valence-electron chi connectivity index (χ3n) is 5.26. The first kappa shape index (κ1) is 17.2. The molecule has 130 valence electrons. The van der Waals surface area contributed by atoms with Gasteiger partial charge in [-0.2, -0.15) is 11.3 Å². The highest BCUT2D eigenvalue weighted by atomic mass is 32.1. The van der Waals surface area contributed by atoms with Crippen molar-refractivity contribution in [3.63, 3.8) is 0 Å². The Morgan fingerprint density at radius 1 is 1.50 bits per heavy atom. The lowest BCUT2D eigenvalue weighted by atomic mass is 9.82. The van der Waals surface area contributed by atoms with Gasteiger partial charge in [0.1, 0.15) is 6.61 Å². The smallest absolute Gasteiger partial charge is 0.249 e. The van der Waals surface area contributed by atoms with Crippen molar-refractivity contribution in [2.45, 2.75) is 37.8 Å². The van der Waals surface area contributed by atoms with Gasteiger partial charge < -0.3 is 14.5 Å². The molecule has 6 heteroatoms. The number of hydrogen-bond acceptors (Lipinski definition) is 4. The van der Waals surface area contributed by atoms with Gasteiger partial charge in [-0.1, -0.05) is 6.08 Å². The summed E-state index contributed by atoms with van der Waals surface area (Å²) < 4.78 is 5.98. The number of amides is 2. The maximum absolute atomic E-state index is 12.4. The van der Waals surface area contributed by atoms with Crippen LogP contribution in [0.1, 0.15) is 25.3 Å². The normalized spacial score (nSPS) is 23.5. The molecule has 1 spiro atoms. The van der Waals surface area contributed by atoms with Gasteiger partial charge in [0.05, 0.1) is 18.1 Å². The number of rotatable bonds is 4. The van der Waals surface area contributed by atoms with E-state index >= 15 is 0 Å². The van der Waals surface area contributed by atoms with Crippen LogP contribution >= 0.6 is 11.3 Å². The number of nitrogens with zero attached hydrogens (tertiary/aromatic N) is 2. The van der Waals surface area contributed by atoms with Crippen LogP contribution in [0.2, 0.25) is 0 Å². The second-order valence-corrected chi connectivity index (χ2v) is 7.33. The summed E-state index contributed by atoms with van der Waals surface area (Å²) in [5.74, 6) is 0.190. The predicted octanol–water partition coefficient (Wildman–Crippen LogP) is 2.09. The number of carbonyl (C=O) groups excluding carboxylic acids is 2. The van der Waals surface area contributed by atoms with Gasteiger partial charge in [-0.3, -0.25) is 9.59 Å². The highest BCUT2D eigenvalue weighted by molar-refractivity contribution is 7.08. The maximum atomic E-state index is 12.4. The van der Waals surface area contributed by atoms with Gasteiger partial charge in [0.25, 0.3) is 0 Å². The molecule has 0 saturated carbocycles. The van der Waals surface area contributed by atoms with Crippen molar-refractivity contribution < 1.29 is 14.3 Å². The Balaban J connectivity index is 1.62. The second kappa shape index (κ2) is 7.07. The number of hydrogen-bond donors (Lipinski definition) is 0. The Morgan fingerprint density at radius 2 is 2.25 bits per heavy atom. The van der Waals surface area contributed by atoms with Crippen molar-refractivity contribution in [2.75, 3.05) is 26.2 Å². The van der Waals surface area contributed by atoms with Crippen molar-refractivity contribution in [1.82, 2.24) is 9.80 Å². The summed E-state index contributed by atoms with van der Waals surface area (Å²) in [4.78, 5) is 28.3. The maximum Gasteiger partial charge on any atom is 0.249 e. The van der Waals surface area contributed by atoms with Crippen LogP contribution in [0, 0.1) is 0 Å². The molecule has 2 amide bonds. The Labute approximate surface area is 146 Å². The Hall–Kier alpha value is -1.66. The van der Waals surface area contributed by atoms with Crippen LogP contribution in [0.15, 0.2) is 29.5 Å². The third-order valence-corrected chi connectivity index (χ3v) is 5.99. The first-order chi connectivity index (χ1) is 11.6. The predicted molar refractivity (Wildman–Crippen MR) is 93.9 cm³/mol. The van der Waals surface area contributed by atoms with E-state index in [4.69, 9.17) is 4.74 Å². The Morgan fingerprint density at radius 3 is 2.88 bits per heavy atom. The quantitative estimate of drug-likeness (QED) is 0.783. The highest BCUT2D eigenvalue weighted by Gasteiger charge is 2.48. The van der Waals surface area contributed by atoms with Crippen molar-refractivity contribution in [1.29, 1.82) is 0 Å². The van der Waals surface area contributed by atoms with E-state index in [0.717, 1.165) is 18.4 Å². The van der Waals surface area contributed by atoms with Crippen LogP contribution in [0.4, 0.5) is 0 Å². The zero-order valence-corrected chi connectivity index (χ0v) is 14.9. The standard InChI is InChI=1S/C18H24N2O3S/c1-3-7-20-14(2)18(23-12-17(20)22)5-8-19(9-6-18)16(21)11-15-4-10-24-13-15/h3-4,10,13-14H,1,5-9,11-12H2,2H3/t14-/m1/s1. The zero-order chi connectivity index (χ0) is 17.2. The minimum Gasteiger partial charge on any atom is -0.363 e. The van der Waals surface area contributed by atoms with Crippen LogP contribution in [-0.2, 0) is 20.7 Å². The number of thiophene rings is 1. The number of ether oxygens (including phenoxy) is 1. The highest BCUT2D eigenvalue weighted by Crippen LogP contribution is 2.35. The number of carbonyl (C=O) groups is 2. The van der Waals surface area contributed by atoms with E-state index < -0.39 is 0 Å². The van der Waals surface area contributed by atoms with E-state index in [2.05, 4.69) is 6.58 Å². The number of piperidine rings is 1. The second-order valence-electron chi connectivity index (χ2n) is 6.55. The van der Waals surface area contributed by atoms with Crippen LogP contribution in [0.25, 0.3) is 0 Å². The summed E-state index contributed by atoms with van der Waals surface area (Å²) in [5, 5.41) is 4.02. The fraction of sp³-hybridized carbons (Fsp3) is 0.556. The van der Waals surface area contributed by atoms with E-state index in [-0.39, 0.29) is 30.1 Å². The Bertz CT molecular complexity index is 606. The van der Waals surface area contributed by atoms with Crippen molar-refractivity contribution >= 4 is 23.2 Å². The summed E-state index contributed by atoms with van der Waals surface area (Å²) in [5.41, 5.74) is 0.742. The molecule has 0 aromatic carbocycles. The fourth-order valence-corrected chi connectivity index (χ4v) is 4.35. The summed E-state index contributed by atoms with van der Waals surface area (Å²) >= 11 is 1.61. The largest absolute Gasteiger partial charge is 0.363 e. The average molecular weight is 348 g/mol. The molecule has 2 aliphatic heterocycles. The first-order valence-corrected chi connectivity index (χ1v) is 9.33. The monoisotopic (exact) mass is 348 g/mol. The van der Waals surface area contributed by atoms with E-state index in [1.54, 1.807) is 17.4 Å². The molecule has 1 aromatic heterocycles. The van der Waals surface area contributed by atoms with Crippen molar-refractivity contribution in [2.24, 2.45) is 0 Å². The molecule has 3 rings (SSSR count). The van der Waals surface area contributed by atoms with Crippen LogP contribution in [0.5, 0.6) is 0 Å². The van der Waals surface area contributed by atoms with Gasteiger partial charge in [0.2, 0.25) is 11.8 Å². The Kier molecular flexibility index (Phi) is 5.06. The lowest BCUT2D eigenvalue weighted by Gasteiger charge is -2.51. The van der Waals surface area contributed by atoms with Gasteiger partial charge >= 0.3 is 0 Å². The molecular weight excluding hydrogens is 324 g/mol. The molecule has 0 bridgehead atoms. The average Bonchev–Trinajstić information content (AvgIpc) is 3.09. The SMILES string of the molecule is C=CCN1C(=O)COC2(CCN(C(=O)Cc3ccsc3)CC2)[C@H]1C. The topological polar surface area (TPSA) is 49.9 Å². The number of morpholine rings is 1. The molecule has 3 heterocycles. The lowest BCUT2D eigenvalue weighted by Crippen LogP contribution is -2.64. The molecule has 0 radical (unpaired) electrons. The minimum atomic E-state index is -0.337. The molecule has 1 aromatic rings. The van der Waals surface area contributed by atoms with Gasteiger partial charge in [-0.05, 0) is 42.2 Å². The van der Waals surface area contributed by atoms with E-state index in [1.165, 1.54) is 0 Å². The van der Waals surface area contributed by atoms with Gasteiger partial charge in [-0.15, -0.1) is 6.58 Å². The lowest BCUT2D eigenvalue weighted by molar-refractivity contribution is -0.186. The first-order valence-electron chi connectivity index (χ1n) is 8.39. The summed E-state index contributed by atoms with van der Waals surface area (Å²) in [6.07, 6.45) is 3.76. The zero-order valence-electron chi connectivity index (χ0n) is 14.1. The minimum absolute atomic E-state index is 0.00544. The fourth-order valence-electron chi connectivity index (χ4n) is 3.68. The van der Waals surface area contributed by atoms with Crippen molar-refractivity contribution in [3.8, 4) is 0 Å². The van der Waals surface area contributed by atoms with Gasteiger partial charge in [0.15, 0.2) is 0 Å². The van der Waals surface area contributed by atoms with Gasteiger partial charge in [-0.25, -0.2) is 0 Å². The molecule has 0 aliphatic carbocycles. The summed E-state index contributed by atoms with van der Waals surface area (Å²) in [6.45, 7) is 7.83. The molecule has 2 aliphatic rings. The van der Waals surface area contributed by atoms with Crippen LogP contribution in [-0.4, -0.2) is 59.5 Å². The molecule has 24 heavy (non-hydrogen) atoms. The molecule has 0 unspecified atom stereocenters. The third kappa shape index (κ3) is 3.26. The van der Waals surface area contributed by atoms with Crippen molar-refractivity contribution in [3.05, 3.63) is 35.0 Å². The van der Waals surface area contributed by atoms with E-state index in [1.807, 2.05) is 33.6 Å². The van der Waals surface area contributed by atoms with Crippen LogP contribution < -0.4 is 0 Å². The molecule has 2 fully saturated rings. The number of likely N-dealkylation sites (tertiary alicyclic amines) is 1. The molecule has 5 nitrogen and oxygen atoms in total. The van der Waals surface area contributed by atoms with E-state index in [9.17, 15) is 9.59 Å². The molecule has 2 saturated heterocycles. The molecular formula is C18H24N2O3S. The molecule has 0 N–H and O–H groups in total. The van der Waals surface area contributed by atoms with E-state index in [0.29, 0.717) is 26.1 Å². The van der Waals surface area contributed by atoms with Gasteiger partial charge in [0, 0.05) is 19.6 Å². The van der Waals surface area contributed by atoms with Crippen LogP contribution in [0.3, 0.4) is 0 Å².